The van der Waals surface area contributed by atoms with Crippen LogP contribution in [-0.2, 0) is 38.5 Å². The Bertz CT molecular complexity index is 591. The van der Waals surface area contributed by atoms with Crippen LogP contribution in [0.3, 0.4) is 0 Å². The van der Waals surface area contributed by atoms with Gasteiger partial charge in [-0.3, -0.25) is 0 Å². The minimum Gasteiger partial charge on any atom is -0.326 e. The Morgan fingerprint density at radius 3 is 2.00 bits per heavy atom. The van der Waals surface area contributed by atoms with Gasteiger partial charge in [0.25, 0.3) is 0 Å². The van der Waals surface area contributed by atoms with E-state index in [4.69, 9.17) is 5.73 Å². The molecule has 0 saturated carbocycles. The summed E-state index contributed by atoms with van der Waals surface area (Å²) >= 11 is 2.33. The van der Waals surface area contributed by atoms with Crippen LogP contribution >= 0.6 is 0 Å². The van der Waals surface area contributed by atoms with Crippen LogP contribution in [0.15, 0.2) is 36.7 Å². The number of hydrogen-bond donors (Lipinski definition) is 1. The van der Waals surface area contributed by atoms with Crippen LogP contribution in [0.4, 0.5) is 4.39 Å². The maximum absolute atomic E-state index is 12.2. The Kier molecular flexibility index (Phi) is 6.09. The second-order valence-corrected chi connectivity index (χ2v) is 6.54. The third-order valence-corrected chi connectivity index (χ3v) is 4.11. The summed E-state index contributed by atoms with van der Waals surface area (Å²) in [5, 5.41) is 0. The van der Waals surface area contributed by atoms with Gasteiger partial charge in [-0.15, -0.1) is 0 Å². The van der Waals surface area contributed by atoms with E-state index in [2.05, 4.69) is 68.7 Å². The Morgan fingerprint density at radius 2 is 1.70 bits per heavy atom. The van der Waals surface area contributed by atoms with Gasteiger partial charge in [0.1, 0.15) is 5.82 Å². The smallest absolute Gasteiger partial charge is 0.123 e. The van der Waals surface area contributed by atoms with Gasteiger partial charge in [-0.1, -0.05) is 12.1 Å². The Balaban J connectivity index is 0.000000204. The maximum atomic E-state index is 12.2. The van der Waals surface area contributed by atoms with Crippen LogP contribution in [0.2, 0.25) is 0 Å². The zero-order valence-corrected chi connectivity index (χ0v) is 14.6. The van der Waals surface area contributed by atoms with Crippen molar-refractivity contribution < 1.29 is 23.7 Å². The molecule has 0 amide bonds. The van der Waals surface area contributed by atoms with Gasteiger partial charge in [-0.05, 0) is 17.7 Å². The van der Waals surface area contributed by atoms with E-state index in [1.165, 1.54) is 15.9 Å². The van der Waals surface area contributed by atoms with E-state index < -0.39 is 0 Å². The van der Waals surface area contributed by atoms with Gasteiger partial charge < -0.3 is 5.73 Å². The molecule has 1 aromatic carbocycles. The Hall–Kier alpha value is -0.992. The number of benzene rings is 1. The molecule has 0 bridgehead atoms. The first-order valence-electron chi connectivity index (χ1n) is 6.40. The molecule has 2 aromatic rings. The summed E-state index contributed by atoms with van der Waals surface area (Å²) in [6.07, 6.45) is 4.19. The van der Waals surface area contributed by atoms with Crippen molar-refractivity contribution in [3.63, 3.8) is 0 Å². The molecule has 1 heterocycles. The Labute approximate surface area is 130 Å². The fourth-order valence-electron chi connectivity index (χ4n) is 1.55. The molecule has 20 heavy (non-hydrogen) atoms. The molecule has 0 spiro atoms. The van der Waals surface area contributed by atoms with Crippen LogP contribution < -0.4 is 5.73 Å². The van der Waals surface area contributed by atoms with Crippen molar-refractivity contribution in [1.29, 1.82) is 0 Å². The zero-order valence-electron chi connectivity index (χ0n) is 12.3. The predicted molar refractivity (Wildman–Crippen MR) is 75.9 cm³/mol. The summed E-state index contributed by atoms with van der Waals surface area (Å²) in [7, 11) is 2.06. The normalized spacial score (nSPS) is 11.0. The van der Waals surface area contributed by atoms with Gasteiger partial charge in [0.05, 0.1) is 0 Å². The minimum atomic E-state index is -0.216. The average molecular weight is 458 g/mol. The maximum Gasteiger partial charge on any atom is 0.123 e. The quantitative estimate of drug-likeness (QED) is 0.701. The van der Waals surface area contributed by atoms with Gasteiger partial charge in [0.15, 0.2) is 0 Å². The average Bonchev–Trinajstić information content (AvgIpc) is 2.71. The molecule has 0 atom stereocenters. The zero-order chi connectivity index (χ0) is 15.3. The van der Waals surface area contributed by atoms with E-state index in [0.717, 1.165) is 5.56 Å². The van der Waals surface area contributed by atoms with Crippen molar-refractivity contribution in [2.75, 3.05) is 0 Å². The molecule has 0 saturated heterocycles. The van der Waals surface area contributed by atoms with Crippen molar-refractivity contribution in [1.82, 2.24) is 9.13 Å². The molecule has 0 unspecified atom stereocenters. The molecule has 114 valence electrons. The van der Waals surface area contributed by atoms with Gasteiger partial charge in [0.2, 0.25) is 0 Å². The number of halogens is 1. The second-order valence-electron chi connectivity index (χ2n) is 5.52. The third kappa shape index (κ3) is 4.84. The van der Waals surface area contributed by atoms with Crippen molar-refractivity contribution in [3.05, 3.63) is 51.8 Å². The van der Waals surface area contributed by atoms with Crippen molar-refractivity contribution >= 4 is 0 Å². The van der Waals surface area contributed by atoms with E-state index in [1.807, 2.05) is 0 Å². The second kappa shape index (κ2) is 7.14. The summed E-state index contributed by atoms with van der Waals surface area (Å²) in [6.45, 7) is 7.08. The van der Waals surface area contributed by atoms with E-state index in [1.54, 1.807) is 12.1 Å². The first-order valence-corrected chi connectivity index (χ1v) is 7.53. The monoisotopic (exact) mass is 458 g/mol. The number of nitrogens with zero attached hydrogens (tertiary/aromatic N) is 2. The van der Waals surface area contributed by atoms with Crippen LogP contribution in [0.1, 0.15) is 26.3 Å². The number of imidazole rings is 1. The summed E-state index contributed by atoms with van der Waals surface area (Å²) in [4.78, 5) is 0. The molecule has 2 N–H and O–H groups in total. The largest absolute Gasteiger partial charge is 0.326 e. The molecular weight excluding hydrogens is 436 g/mol. The molecule has 0 aliphatic carbocycles. The fourth-order valence-corrected chi connectivity index (χ4v) is 2.65. The summed E-state index contributed by atoms with van der Waals surface area (Å²) in [6, 6.07) is 6.16. The third-order valence-electron chi connectivity index (χ3n) is 2.76. The van der Waals surface area contributed by atoms with E-state index in [9.17, 15) is 4.39 Å². The summed E-state index contributed by atoms with van der Waals surface area (Å²) < 4.78 is 17.8. The van der Waals surface area contributed by atoms with Crippen molar-refractivity contribution in [2.45, 2.75) is 32.9 Å². The number of rotatable bonds is 1. The predicted octanol–water partition coefficient (Wildman–Crippen LogP) is 2.94. The summed E-state index contributed by atoms with van der Waals surface area (Å²) in [5.41, 5.74) is 6.43. The Morgan fingerprint density at radius 1 is 1.15 bits per heavy atom. The molecule has 3 nitrogen and oxygen atoms in total. The van der Waals surface area contributed by atoms with E-state index >= 15 is 0 Å². The molecule has 0 aliphatic rings. The number of hydrogen-bond acceptors (Lipinski definition) is 1. The molecule has 5 heteroatoms. The number of nitrogens with two attached hydrogens (primary N) is 1. The number of aromatic nitrogens is 2. The molecule has 1 aromatic heterocycles. The first kappa shape index (κ1) is 17.1. The molecule has 0 radical (unpaired) electrons. The van der Waals surface area contributed by atoms with E-state index in [-0.39, 0.29) is 11.4 Å². The molecule has 2 rings (SSSR count). The van der Waals surface area contributed by atoms with Crippen molar-refractivity contribution in [3.8, 4) is 0 Å². The minimum absolute atomic E-state index is 0.193. The van der Waals surface area contributed by atoms with Crippen LogP contribution in [-0.4, -0.2) is 9.13 Å². The molecule has 0 aliphatic heterocycles. The fraction of sp³-hybridized carbons (Fsp3) is 0.400. The van der Waals surface area contributed by atoms with Crippen LogP contribution in [0, 0.1) is 9.62 Å². The van der Waals surface area contributed by atoms with Crippen molar-refractivity contribution in [2.24, 2.45) is 12.8 Å². The number of aryl methyl sites for hydroxylation is 1. The van der Waals surface area contributed by atoms with Gasteiger partial charge in [-0.2, -0.15) is 0 Å². The van der Waals surface area contributed by atoms with Gasteiger partial charge >= 0.3 is 78.0 Å². The van der Waals surface area contributed by atoms with E-state index in [0.29, 0.717) is 6.54 Å². The molecule has 0 fully saturated rings. The topological polar surface area (TPSA) is 35.9 Å². The van der Waals surface area contributed by atoms with Gasteiger partial charge in [-0.25, -0.2) is 4.39 Å². The molecular formula is C15H22FN3Pt. The standard InChI is InChI=1S/C8H14N2.C7H8FN.Pt/c1-8(2,3)10-6-5-9(4)7-10;8-7-3-1-6(5-9)2-4-7;/h5-6H,1-4H3;1-4H,5,9H2;. The first-order chi connectivity index (χ1) is 9.25. The van der Waals surface area contributed by atoms with Gasteiger partial charge in [0, 0.05) is 6.54 Å². The summed E-state index contributed by atoms with van der Waals surface area (Å²) in [5.74, 6) is -0.216. The van der Waals surface area contributed by atoms with Crippen LogP contribution in [0.25, 0.3) is 0 Å². The van der Waals surface area contributed by atoms with Crippen LogP contribution in [0.5, 0.6) is 0 Å². The SMILES string of the molecule is Cn1ccn(C(C)(C)C)[c]1=[Pt].NCc1ccc(F)cc1.